The molecule has 2 fully saturated rings. The molecule has 11 heteroatoms. The molecule has 2 N–H and O–H groups in total. The van der Waals surface area contributed by atoms with Gasteiger partial charge in [-0.2, -0.15) is 4.65 Å². The summed E-state index contributed by atoms with van der Waals surface area (Å²) in [5.74, 6) is 2.19. The number of aromatic nitrogens is 4. The van der Waals surface area contributed by atoms with Gasteiger partial charge in [-0.25, -0.2) is 25.1 Å². The fourth-order valence-electron chi connectivity index (χ4n) is 8.40. The molecule has 0 unspecified atom stereocenters. The van der Waals surface area contributed by atoms with Crippen LogP contribution in [0.3, 0.4) is 0 Å². The van der Waals surface area contributed by atoms with Crippen LogP contribution in [0, 0.1) is 0 Å². The van der Waals surface area contributed by atoms with Gasteiger partial charge in [0.2, 0.25) is 0 Å². The highest BCUT2D eigenvalue weighted by Gasteiger charge is 2.35. The SMILES string of the molecule is CN(C)C1CCC(Nc2ncnc3sc4c(c23)CCC4)CC1.CN(c1ncnc2sc3c(c12)CCC3)C1CCC([N+](C)(C)O)CC1. The number of nitrogens with one attached hydrogen (secondary N) is 1. The third-order valence-corrected chi connectivity index (χ3v) is 13.6. The summed E-state index contributed by atoms with van der Waals surface area (Å²) in [5, 5.41) is 16.6. The zero-order valence-corrected chi connectivity index (χ0v) is 29.9. The van der Waals surface area contributed by atoms with Crippen LogP contribution in [0.5, 0.6) is 0 Å². The second-order valence-corrected chi connectivity index (χ2v) is 16.8. The van der Waals surface area contributed by atoms with Crippen molar-refractivity contribution in [3.05, 3.63) is 33.5 Å². The lowest BCUT2D eigenvalue weighted by molar-refractivity contribution is -1.09. The summed E-state index contributed by atoms with van der Waals surface area (Å²) >= 11 is 3.72. The van der Waals surface area contributed by atoms with Gasteiger partial charge in [0.25, 0.3) is 0 Å². The molecule has 2 saturated carbocycles. The monoisotopic (exact) mass is 663 g/mol. The second kappa shape index (κ2) is 13.2. The van der Waals surface area contributed by atoms with Crippen LogP contribution in [-0.4, -0.2) is 94.1 Å². The van der Waals surface area contributed by atoms with Crippen molar-refractivity contribution in [1.29, 1.82) is 0 Å². The number of hydrogen-bond donors (Lipinski definition) is 2. The van der Waals surface area contributed by atoms with Gasteiger partial charge in [-0.1, -0.05) is 0 Å². The van der Waals surface area contributed by atoms with E-state index in [9.17, 15) is 5.21 Å². The van der Waals surface area contributed by atoms with E-state index >= 15 is 0 Å². The second-order valence-electron chi connectivity index (χ2n) is 14.7. The molecule has 0 spiro atoms. The molecule has 248 valence electrons. The highest BCUT2D eigenvalue weighted by Crippen LogP contribution is 2.42. The molecule has 4 heterocycles. The maximum absolute atomic E-state index is 10.2. The number of aryl methyl sites for hydroxylation is 4. The summed E-state index contributed by atoms with van der Waals surface area (Å²) in [6, 6.07) is 2.16. The standard InChI is InChI=1S/C18H27N4OS.C17H24N4S/c1-21(12-7-9-13(10-8-12)22(2,3)23)17-16-14-5-4-6-15(14)24-18(16)20-11-19-17;1-21(2)12-8-6-11(7-9-12)20-16-15-13-4-3-5-14(13)22-17(15)19-10-18-16/h11-13,23H,4-10H2,1-3H3;10-12H,3-9H2,1-2H3,(H,18,19,20)/q+1;. The van der Waals surface area contributed by atoms with Crippen LogP contribution < -0.4 is 10.2 Å². The van der Waals surface area contributed by atoms with Crippen molar-refractivity contribution < 1.29 is 9.85 Å². The Morgan fingerprint density at radius 3 is 1.89 bits per heavy atom. The summed E-state index contributed by atoms with van der Waals surface area (Å²) in [6.07, 6.45) is 20.2. The van der Waals surface area contributed by atoms with Gasteiger partial charge in [-0.15, -0.1) is 22.7 Å². The van der Waals surface area contributed by atoms with Crippen molar-refractivity contribution in [3.8, 4) is 0 Å². The molecule has 0 bridgehead atoms. The number of fused-ring (bicyclic) bond motifs is 6. The van der Waals surface area contributed by atoms with Crippen molar-refractivity contribution in [2.75, 3.05) is 45.5 Å². The lowest BCUT2D eigenvalue weighted by Crippen LogP contribution is -2.49. The molecule has 9 nitrogen and oxygen atoms in total. The number of hydrogen-bond acceptors (Lipinski definition) is 10. The first-order valence-electron chi connectivity index (χ1n) is 17.4. The van der Waals surface area contributed by atoms with Gasteiger partial charge >= 0.3 is 0 Å². The molecule has 0 aromatic carbocycles. The van der Waals surface area contributed by atoms with Gasteiger partial charge in [-0.05, 0) is 102 Å². The molecule has 0 radical (unpaired) electrons. The van der Waals surface area contributed by atoms with Gasteiger partial charge in [0.05, 0.1) is 24.9 Å². The van der Waals surface area contributed by atoms with E-state index in [-0.39, 0.29) is 4.65 Å². The molecule has 0 aliphatic heterocycles. The van der Waals surface area contributed by atoms with Gasteiger partial charge in [0.1, 0.15) is 40.0 Å². The number of thiophene rings is 2. The Kier molecular flexibility index (Phi) is 9.23. The highest BCUT2D eigenvalue weighted by atomic mass is 32.1. The van der Waals surface area contributed by atoms with Gasteiger partial charge in [0.15, 0.2) is 0 Å². The predicted molar refractivity (Wildman–Crippen MR) is 191 cm³/mol. The quantitative estimate of drug-likeness (QED) is 0.171. The molecule has 4 aliphatic carbocycles. The molecule has 4 aromatic heterocycles. The van der Waals surface area contributed by atoms with E-state index in [4.69, 9.17) is 0 Å². The van der Waals surface area contributed by atoms with Crippen LogP contribution in [0.15, 0.2) is 12.7 Å². The van der Waals surface area contributed by atoms with Crippen LogP contribution in [0.25, 0.3) is 20.4 Å². The van der Waals surface area contributed by atoms with Crippen molar-refractivity contribution in [3.63, 3.8) is 0 Å². The lowest BCUT2D eigenvalue weighted by Gasteiger charge is -2.39. The average Bonchev–Trinajstić information content (AvgIpc) is 3.83. The van der Waals surface area contributed by atoms with E-state index < -0.39 is 0 Å². The van der Waals surface area contributed by atoms with E-state index in [1.54, 1.807) is 12.7 Å². The van der Waals surface area contributed by atoms with Crippen molar-refractivity contribution >= 4 is 54.7 Å². The molecule has 0 amide bonds. The van der Waals surface area contributed by atoms with Crippen LogP contribution in [-0.2, 0) is 25.7 Å². The third kappa shape index (κ3) is 6.38. The van der Waals surface area contributed by atoms with Crippen molar-refractivity contribution in [1.82, 2.24) is 24.8 Å². The largest absolute Gasteiger partial charge is 0.367 e. The minimum Gasteiger partial charge on any atom is -0.367 e. The maximum Gasteiger partial charge on any atom is 0.141 e. The Hall–Kier alpha value is -2.44. The van der Waals surface area contributed by atoms with Crippen LogP contribution in [0.1, 0.15) is 85.1 Å². The Balaban J connectivity index is 0.000000147. The fourth-order valence-corrected chi connectivity index (χ4v) is 10.9. The fraction of sp³-hybridized carbons (Fsp3) is 0.657. The summed E-state index contributed by atoms with van der Waals surface area (Å²) < 4.78 is 0.0895. The molecule has 4 aromatic rings. The van der Waals surface area contributed by atoms with E-state index in [1.165, 1.54) is 101 Å². The minimum atomic E-state index is 0.0895. The summed E-state index contributed by atoms with van der Waals surface area (Å²) in [7, 11) is 10.3. The predicted octanol–water partition coefficient (Wildman–Crippen LogP) is 6.86. The average molecular weight is 664 g/mol. The first-order valence-corrected chi connectivity index (χ1v) is 19.0. The maximum atomic E-state index is 10.2. The molecular weight excluding hydrogens is 613 g/mol. The molecule has 8 rings (SSSR count). The number of nitrogens with zero attached hydrogens (tertiary/aromatic N) is 7. The number of rotatable bonds is 6. The normalized spacial score (nSPS) is 24.6. The number of quaternary nitrogens is 1. The lowest BCUT2D eigenvalue weighted by atomic mass is 9.89. The third-order valence-electron chi connectivity index (χ3n) is 11.2. The van der Waals surface area contributed by atoms with Crippen LogP contribution in [0.2, 0.25) is 0 Å². The zero-order valence-electron chi connectivity index (χ0n) is 28.3. The Bertz CT molecular complexity index is 1660. The Morgan fingerprint density at radius 2 is 1.28 bits per heavy atom. The van der Waals surface area contributed by atoms with E-state index in [2.05, 4.69) is 56.2 Å². The van der Waals surface area contributed by atoms with Crippen LogP contribution >= 0.6 is 22.7 Å². The van der Waals surface area contributed by atoms with Gasteiger partial charge in [0, 0.05) is 47.8 Å². The van der Waals surface area contributed by atoms with E-state index in [0.29, 0.717) is 18.1 Å². The number of hydroxylamine groups is 3. The molecule has 46 heavy (non-hydrogen) atoms. The molecule has 0 saturated heterocycles. The first-order chi connectivity index (χ1) is 22.2. The molecule has 4 aliphatic rings. The smallest absolute Gasteiger partial charge is 0.141 e. The summed E-state index contributed by atoms with van der Waals surface area (Å²) in [6.45, 7) is 0. The Labute approximate surface area is 281 Å². The van der Waals surface area contributed by atoms with E-state index in [1.807, 2.05) is 36.8 Å². The minimum absolute atomic E-state index is 0.0895. The van der Waals surface area contributed by atoms with Crippen molar-refractivity contribution in [2.45, 2.75) is 114 Å². The van der Waals surface area contributed by atoms with E-state index in [0.717, 1.165) is 48.2 Å². The summed E-state index contributed by atoms with van der Waals surface area (Å²) in [5.41, 5.74) is 3.02. The summed E-state index contributed by atoms with van der Waals surface area (Å²) in [4.78, 5) is 28.4. The highest BCUT2D eigenvalue weighted by molar-refractivity contribution is 7.19. The Morgan fingerprint density at radius 1 is 0.717 bits per heavy atom. The number of anilines is 2. The van der Waals surface area contributed by atoms with Crippen molar-refractivity contribution in [2.24, 2.45) is 0 Å². The molecule has 0 atom stereocenters. The van der Waals surface area contributed by atoms with Crippen LogP contribution in [0.4, 0.5) is 11.6 Å². The first kappa shape index (κ1) is 32.1. The molecular formula is C35H51N8OS2+. The topological polar surface area (TPSA) is 90.3 Å². The zero-order chi connectivity index (χ0) is 32.0. The van der Waals surface area contributed by atoms with Gasteiger partial charge < -0.3 is 15.1 Å². The van der Waals surface area contributed by atoms with Gasteiger partial charge in [-0.3, -0.25) is 0 Å².